The number of halogens is 3. The normalized spacial score (nSPS) is 24.9. The van der Waals surface area contributed by atoms with Crippen molar-refractivity contribution in [2.24, 2.45) is 0 Å². The molecular weight excluding hydrogens is 275 g/mol. The van der Waals surface area contributed by atoms with Crippen LogP contribution >= 0.6 is 0 Å². The largest absolute Gasteiger partial charge is 0.459 e. The zero-order valence-corrected chi connectivity index (χ0v) is 10.2. The highest BCUT2D eigenvalue weighted by Crippen LogP contribution is 2.35. The number of amides is 1. The minimum absolute atomic E-state index is 0.154. The van der Waals surface area contributed by atoms with Gasteiger partial charge in [-0.25, -0.2) is 4.79 Å². The van der Waals surface area contributed by atoms with E-state index in [0.29, 0.717) is 6.42 Å². The van der Waals surface area contributed by atoms with Gasteiger partial charge in [-0.2, -0.15) is 13.2 Å². The Labute approximate surface area is 112 Å². The number of likely N-dealkylation sites (tertiary alicyclic amines) is 1. The summed E-state index contributed by atoms with van der Waals surface area (Å²) in [4.78, 5) is 24.9. The van der Waals surface area contributed by atoms with Gasteiger partial charge in [0.2, 0.25) is 0 Å². The maximum atomic E-state index is 12.9. The van der Waals surface area contributed by atoms with Gasteiger partial charge in [-0.1, -0.05) is 12.1 Å². The number of rotatable bonds is 1. The summed E-state index contributed by atoms with van der Waals surface area (Å²) in [5.41, 5.74) is -1.42. The summed E-state index contributed by atoms with van der Waals surface area (Å²) in [6, 6.07) is 3.83. The van der Waals surface area contributed by atoms with Gasteiger partial charge in [-0.05, 0) is 12.1 Å². The molecule has 2 atom stereocenters. The molecule has 2 heterocycles. The lowest BCUT2D eigenvalue weighted by atomic mass is 10.1. The second kappa shape index (κ2) is 4.22. The Kier molecular flexibility index (Phi) is 2.74. The Balaban J connectivity index is 1.94. The van der Waals surface area contributed by atoms with Crippen LogP contribution < -0.4 is 0 Å². The van der Waals surface area contributed by atoms with Crippen molar-refractivity contribution in [2.75, 3.05) is 6.54 Å². The number of benzene rings is 1. The first-order valence-electron chi connectivity index (χ1n) is 6.05. The van der Waals surface area contributed by atoms with Gasteiger partial charge in [0, 0.05) is 6.42 Å². The van der Waals surface area contributed by atoms with Crippen molar-refractivity contribution in [1.82, 2.24) is 4.90 Å². The minimum atomic E-state index is -4.61. The standard InChI is InChI=1S/C13H10F3NO3/c14-13(15,16)9-4-2-1-3-8(9)11(18)17-6-7-5-10(17)12(19)20-7/h1-4,7,10H,5-6H2. The van der Waals surface area contributed by atoms with Crippen molar-refractivity contribution < 1.29 is 27.5 Å². The summed E-state index contributed by atoms with van der Waals surface area (Å²) < 4.78 is 43.6. The molecule has 2 saturated heterocycles. The predicted octanol–water partition coefficient (Wildman–Crippen LogP) is 1.85. The molecule has 0 N–H and O–H groups in total. The number of hydrogen-bond acceptors (Lipinski definition) is 3. The second-order valence-electron chi connectivity index (χ2n) is 4.81. The van der Waals surface area contributed by atoms with E-state index in [0.717, 1.165) is 12.1 Å². The Bertz CT molecular complexity index is 584. The van der Waals surface area contributed by atoms with E-state index in [9.17, 15) is 22.8 Å². The SMILES string of the molecule is O=C1OC2CC1N(C(=O)c1ccccc1C(F)(F)F)C2. The minimum Gasteiger partial charge on any atom is -0.459 e. The molecule has 20 heavy (non-hydrogen) atoms. The number of carbonyl (C=O) groups excluding carboxylic acids is 2. The van der Waals surface area contributed by atoms with E-state index in [1.165, 1.54) is 17.0 Å². The molecule has 2 bridgehead atoms. The van der Waals surface area contributed by atoms with E-state index in [2.05, 4.69) is 0 Å². The second-order valence-corrected chi connectivity index (χ2v) is 4.81. The van der Waals surface area contributed by atoms with Crippen LogP contribution in [0.5, 0.6) is 0 Å². The first kappa shape index (κ1) is 13.0. The fourth-order valence-corrected chi connectivity index (χ4v) is 2.65. The van der Waals surface area contributed by atoms with E-state index in [4.69, 9.17) is 4.74 Å². The molecule has 106 valence electrons. The lowest BCUT2D eigenvalue weighted by molar-refractivity contribution is -0.149. The van der Waals surface area contributed by atoms with Crippen LogP contribution in [-0.2, 0) is 15.7 Å². The maximum absolute atomic E-state index is 12.9. The van der Waals surface area contributed by atoms with Crippen LogP contribution in [0.1, 0.15) is 22.3 Å². The molecule has 0 saturated carbocycles. The van der Waals surface area contributed by atoms with Crippen LogP contribution in [0.25, 0.3) is 0 Å². The quantitative estimate of drug-likeness (QED) is 0.740. The lowest BCUT2D eigenvalue weighted by Gasteiger charge is -2.26. The highest BCUT2D eigenvalue weighted by Gasteiger charge is 2.49. The van der Waals surface area contributed by atoms with E-state index < -0.39 is 41.3 Å². The molecule has 0 radical (unpaired) electrons. The third kappa shape index (κ3) is 1.93. The van der Waals surface area contributed by atoms with E-state index >= 15 is 0 Å². The van der Waals surface area contributed by atoms with Crippen LogP contribution in [0.3, 0.4) is 0 Å². The number of morpholine rings is 1. The van der Waals surface area contributed by atoms with Crippen molar-refractivity contribution in [1.29, 1.82) is 0 Å². The van der Waals surface area contributed by atoms with Gasteiger partial charge < -0.3 is 9.64 Å². The topological polar surface area (TPSA) is 46.6 Å². The molecule has 2 aliphatic rings. The van der Waals surface area contributed by atoms with Gasteiger partial charge in [0.1, 0.15) is 12.1 Å². The molecule has 7 heteroatoms. The van der Waals surface area contributed by atoms with Crippen LogP contribution in [-0.4, -0.2) is 35.5 Å². The van der Waals surface area contributed by atoms with Crippen LogP contribution in [0.15, 0.2) is 24.3 Å². The molecule has 2 aliphatic heterocycles. The van der Waals surface area contributed by atoms with E-state index in [-0.39, 0.29) is 6.54 Å². The third-order valence-corrected chi connectivity index (χ3v) is 3.54. The monoisotopic (exact) mass is 285 g/mol. The molecule has 0 spiro atoms. The number of nitrogens with zero attached hydrogens (tertiary/aromatic N) is 1. The summed E-state index contributed by atoms with van der Waals surface area (Å²) >= 11 is 0. The van der Waals surface area contributed by atoms with Crippen LogP contribution in [0.2, 0.25) is 0 Å². The number of carbonyl (C=O) groups is 2. The average molecular weight is 285 g/mol. The number of fused-ring (bicyclic) bond motifs is 2. The van der Waals surface area contributed by atoms with Gasteiger partial charge in [0.25, 0.3) is 5.91 Å². The summed E-state index contributed by atoms with van der Waals surface area (Å²) in [5.74, 6) is -1.32. The van der Waals surface area contributed by atoms with Crippen LogP contribution in [0.4, 0.5) is 13.2 Å². The molecule has 1 aromatic carbocycles. The summed E-state index contributed by atoms with van der Waals surface area (Å²) in [6.45, 7) is 0.154. The highest BCUT2D eigenvalue weighted by molar-refractivity contribution is 5.99. The van der Waals surface area contributed by atoms with Crippen molar-refractivity contribution >= 4 is 11.9 Å². The summed E-state index contributed by atoms with van der Waals surface area (Å²) in [7, 11) is 0. The molecule has 4 nitrogen and oxygen atoms in total. The predicted molar refractivity (Wildman–Crippen MR) is 60.8 cm³/mol. The molecule has 0 aromatic heterocycles. The van der Waals surface area contributed by atoms with Crippen molar-refractivity contribution in [3.8, 4) is 0 Å². The van der Waals surface area contributed by atoms with Crippen LogP contribution in [0, 0.1) is 0 Å². The van der Waals surface area contributed by atoms with Gasteiger partial charge >= 0.3 is 12.1 Å². The van der Waals surface area contributed by atoms with Gasteiger partial charge in [-0.3, -0.25) is 4.79 Å². The summed E-state index contributed by atoms with van der Waals surface area (Å²) in [5, 5.41) is 0. The first-order valence-corrected chi connectivity index (χ1v) is 6.05. The number of ether oxygens (including phenoxy) is 1. The molecular formula is C13H10F3NO3. The number of esters is 1. The lowest BCUT2D eigenvalue weighted by Crippen LogP contribution is -2.44. The zero-order valence-electron chi connectivity index (χ0n) is 10.2. The number of hydrogen-bond donors (Lipinski definition) is 0. The summed E-state index contributed by atoms with van der Waals surface area (Å²) in [6.07, 6.45) is -4.64. The fraction of sp³-hybridized carbons (Fsp3) is 0.385. The molecule has 2 unspecified atom stereocenters. The van der Waals surface area contributed by atoms with Crippen molar-refractivity contribution in [2.45, 2.75) is 24.7 Å². The molecule has 1 aromatic rings. The molecule has 0 aliphatic carbocycles. The van der Waals surface area contributed by atoms with Gasteiger partial charge in [0.05, 0.1) is 17.7 Å². The van der Waals surface area contributed by atoms with Gasteiger partial charge in [-0.15, -0.1) is 0 Å². The maximum Gasteiger partial charge on any atom is 0.417 e. The van der Waals surface area contributed by atoms with Gasteiger partial charge in [0.15, 0.2) is 0 Å². The van der Waals surface area contributed by atoms with Crippen molar-refractivity contribution in [3.63, 3.8) is 0 Å². The highest BCUT2D eigenvalue weighted by atomic mass is 19.4. The Morgan fingerprint density at radius 3 is 2.60 bits per heavy atom. The van der Waals surface area contributed by atoms with E-state index in [1.54, 1.807) is 0 Å². The fourth-order valence-electron chi connectivity index (χ4n) is 2.65. The number of alkyl halides is 3. The smallest absolute Gasteiger partial charge is 0.417 e. The Morgan fingerprint density at radius 1 is 1.30 bits per heavy atom. The molecule has 3 rings (SSSR count). The molecule has 1 amide bonds. The average Bonchev–Trinajstić information content (AvgIpc) is 2.95. The Morgan fingerprint density at radius 2 is 2.00 bits per heavy atom. The van der Waals surface area contributed by atoms with Crippen molar-refractivity contribution in [3.05, 3.63) is 35.4 Å². The zero-order chi connectivity index (χ0) is 14.5. The molecule has 2 fully saturated rings. The first-order chi connectivity index (χ1) is 9.38. The van der Waals surface area contributed by atoms with E-state index in [1.807, 2.05) is 0 Å². The Hall–Kier alpha value is -2.05. The third-order valence-electron chi connectivity index (χ3n) is 3.54.